The monoisotopic (exact) mass is 391 g/mol. The van der Waals surface area contributed by atoms with Gasteiger partial charge in [-0.2, -0.15) is 0 Å². The van der Waals surface area contributed by atoms with Crippen LogP contribution in [-0.4, -0.2) is 29.0 Å². The molecule has 148 valence electrons. The Balaban J connectivity index is 1.37. The highest BCUT2D eigenvalue weighted by Gasteiger charge is 2.13. The first-order valence-corrected chi connectivity index (χ1v) is 9.65. The number of benzene rings is 2. The van der Waals surface area contributed by atoms with Crippen molar-refractivity contribution in [2.75, 3.05) is 28.6 Å². The fourth-order valence-corrected chi connectivity index (χ4v) is 3.28. The topological polar surface area (TPSA) is 70.2 Å². The quantitative estimate of drug-likeness (QED) is 0.663. The van der Waals surface area contributed by atoms with Gasteiger partial charge in [-0.1, -0.05) is 12.1 Å². The van der Waals surface area contributed by atoms with Crippen molar-refractivity contribution in [1.82, 2.24) is 9.97 Å². The van der Waals surface area contributed by atoms with Gasteiger partial charge in [0.1, 0.15) is 11.5 Å². The maximum absolute atomic E-state index is 13.0. The molecule has 6 nitrogen and oxygen atoms in total. The molecule has 1 saturated heterocycles. The van der Waals surface area contributed by atoms with Gasteiger partial charge in [-0.15, -0.1) is 0 Å². The van der Waals surface area contributed by atoms with E-state index < -0.39 is 0 Å². The van der Waals surface area contributed by atoms with Crippen molar-refractivity contribution in [2.45, 2.75) is 19.4 Å². The molecule has 1 fully saturated rings. The number of hydrogen-bond acceptors (Lipinski definition) is 5. The lowest BCUT2D eigenvalue weighted by Crippen LogP contribution is -2.18. The summed E-state index contributed by atoms with van der Waals surface area (Å²) in [4.78, 5) is 23.3. The molecule has 7 heteroatoms. The molecule has 0 aliphatic carbocycles. The van der Waals surface area contributed by atoms with E-state index >= 15 is 0 Å². The van der Waals surface area contributed by atoms with E-state index in [1.807, 2.05) is 24.3 Å². The van der Waals surface area contributed by atoms with E-state index in [0.717, 1.165) is 24.3 Å². The van der Waals surface area contributed by atoms with Gasteiger partial charge >= 0.3 is 0 Å². The lowest BCUT2D eigenvalue weighted by molar-refractivity contribution is 0.102. The van der Waals surface area contributed by atoms with Crippen LogP contribution in [0.5, 0.6) is 0 Å². The maximum atomic E-state index is 13.0. The number of amides is 1. The van der Waals surface area contributed by atoms with Gasteiger partial charge in [-0.3, -0.25) is 4.79 Å². The highest BCUT2D eigenvalue weighted by Crippen LogP contribution is 2.22. The predicted octanol–water partition coefficient (Wildman–Crippen LogP) is 4.08. The molecule has 1 amide bonds. The Kier molecular flexibility index (Phi) is 5.65. The van der Waals surface area contributed by atoms with Crippen molar-refractivity contribution in [3.8, 4) is 0 Å². The summed E-state index contributed by atoms with van der Waals surface area (Å²) in [6.45, 7) is 2.60. The van der Waals surface area contributed by atoms with Crippen molar-refractivity contribution in [2.24, 2.45) is 0 Å². The van der Waals surface area contributed by atoms with Crippen molar-refractivity contribution < 1.29 is 9.18 Å². The van der Waals surface area contributed by atoms with E-state index in [9.17, 15) is 9.18 Å². The third-order valence-electron chi connectivity index (χ3n) is 4.85. The standard InChI is InChI=1S/C22H22FN5O/c23-17-5-3-16(4-6-17)15-25-22-24-12-11-20(27-22)21(29)26-18-7-9-19(10-8-18)28-13-1-2-14-28/h3-12H,1-2,13-15H2,(H,26,29)(H,24,25,27). The number of rotatable bonds is 6. The van der Waals surface area contributed by atoms with Gasteiger partial charge < -0.3 is 15.5 Å². The number of carbonyl (C=O) groups excluding carboxylic acids is 1. The van der Waals surface area contributed by atoms with Crippen LogP contribution in [0.4, 0.5) is 21.7 Å². The van der Waals surface area contributed by atoms with E-state index in [1.165, 1.54) is 36.9 Å². The summed E-state index contributed by atoms with van der Waals surface area (Å²) >= 11 is 0. The minimum absolute atomic E-state index is 0.269. The average Bonchev–Trinajstić information content (AvgIpc) is 3.29. The summed E-state index contributed by atoms with van der Waals surface area (Å²) in [6, 6.07) is 15.6. The molecule has 4 rings (SSSR count). The second kappa shape index (κ2) is 8.68. The number of halogens is 1. The Bertz CT molecular complexity index is 969. The molecular weight excluding hydrogens is 369 g/mol. The molecule has 0 atom stereocenters. The first-order chi connectivity index (χ1) is 14.2. The number of anilines is 3. The third-order valence-corrected chi connectivity index (χ3v) is 4.85. The summed E-state index contributed by atoms with van der Waals surface area (Å²) in [7, 11) is 0. The highest BCUT2D eigenvalue weighted by atomic mass is 19.1. The molecule has 1 aliphatic heterocycles. The van der Waals surface area contributed by atoms with Crippen molar-refractivity contribution in [3.05, 3.63) is 77.9 Å². The number of carbonyl (C=O) groups is 1. The van der Waals surface area contributed by atoms with E-state index in [4.69, 9.17) is 0 Å². The first kappa shape index (κ1) is 18.9. The number of aromatic nitrogens is 2. The molecule has 0 unspecified atom stereocenters. The summed E-state index contributed by atoms with van der Waals surface area (Å²) in [5.74, 6) is -0.241. The second-order valence-electron chi connectivity index (χ2n) is 6.94. The summed E-state index contributed by atoms with van der Waals surface area (Å²) in [5.41, 5.74) is 3.06. The largest absolute Gasteiger partial charge is 0.372 e. The SMILES string of the molecule is O=C(Nc1ccc(N2CCCC2)cc1)c1ccnc(NCc2ccc(F)cc2)n1. The minimum atomic E-state index is -0.300. The van der Waals surface area contributed by atoms with Crippen LogP contribution in [0.25, 0.3) is 0 Å². The molecule has 2 heterocycles. The van der Waals surface area contributed by atoms with Crippen molar-refractivity contribution in [1.29, 1.82) is 0 Å². The van der Waals surface area contributed by atoms with Gasteiger partial charge in [0.2, 0.25) is 5.95 Å². The molecule has 29 heavy (non-hydrogen) atoms. The smallest absolute Gasteiger partial charge is 0.274 e. The summed E-state index contributed by atoms with van der Waals surface area (Å²) < 4.78 is 13.0. The van der Waals surface area contributed by atoms with E-state index in [-0.39, 0.29) is 17.4 Å². The third kappa shape index (κ3) is 4.87. The van der Waals surface area contributed by atoms with Gasteiger partial charge in [0, 0.05) is 37.2 Å². The van der Waals surface area contributed by atoms with E-state index in [1.54, 1.807) is 18.2 Å². The van der Waals surface area contributed by atoms with Crippen LogP contribution in [-0.2, 0) is 6.54 Å². The Morgan fingerprint density at radius 1 is 1.00 bits per heavy atom. The molecule has 3 aromatic rings. The molecule has 0 radical (unpaired) electrons. The number of nitrogens with one attached hydrogen (secondary N) is 2. The highest BCUT2D eigenvalue weighted by molar-refractivity contribution is 6.03. The fraction of sp³-hybridized carbons (Fsp3) is 0.227. The van der Waals surface area contributed by atoms with Crippen LogP contribution in [0.2, 0.25) is 0 Å². The Morgan fingerprint density at radius 3 is 2.45 bits per heavy atom. The first-order valence-electron chi connectivity index (χ1n) is 9.65. The van der Waals surface area contributed by atoms with E-state index in [0.29, 0.717) is 12.5 Å². The average molecular weight is 391 g/mol. The maximum Gasteiger partial charge on any atom is 0.274 e. The minimum Gasteiger partial charge on any atom is -0.372 e. The normalized spacial score (nSPS) is 13.3. The lowest BCUT2D eigenvalue weighted by atomic mass is 10.2. The van der Waals surface area contributed by atoms with Crippen LogP contribution < -0.4 is 15.5 Å². The van der Waals surface area contributed by atoms with Crippen LogP contribution in [0.15, 0.2) is 60.8 Å². The summed E-state index contributed by atoms with van der Waals surface area (Å²) in [6.07, 6.45) is 3.98. The number of nitrogens with zero attached hydrogens (tertiary/aromatic N) is 3. The van der Waals surface area contributed by atoms with Crippen LogP contribution in [0.3, 0.4) is 0 Å². The zero-order valence-electron chi connectivity index (χ0n) is 15.9. The van der Waals surface area contributed by atoms with Gasteiger partial charge in [0.05, 0.1) is 0 Å². The molecule has 1 aromatic heterocycles. The van der Waals surface area contributed by atoms with Crippen LogP contribution in [0.1, 0.15) is 28.9 Å². The van der Waals surface area contributed by atoms with Gasteiger partial charge in [-0.25, -0.2) is 14.4 Å². The van der Waals surface area contributed by atoms with Crippen molar-refractivity contribution in [3.63, 3.8) is 0 Å². The molecule has 2 aromatic carbocycles. The van der Waals surface area contributed by atoms with Gasteiger partial charge in [0.25, 0.3) is 5.91 Å². The van der Waals surface area contributed by atoms with Crippen LogP contribution >= 0.6 is 0 Å². The molecule has 1 aliphatic rings. The van der Waals surface area contributed by atoms with E-state index in [2.05, 4.69) is 25.5 Å². The van der Waals surface area contributed by atoms with Gasteiger partial charge in [-0.05, 0) is 60.9 Å². The lowest BCUT2D eigenvalue weighted by Gasteiger charge is -2.17. The molecule has 0 saturated carbocycles. The zero-order valence-corrected chi connectivity index (χ0v) is 15.9. The summed E-state index contributed by atoms with van der Waals surface area (Å²) in [5, 5.41) is 5.91. The second-order valence-corrected chi connectivity index (χ2v) is 6.94. The molecule has 2 N–H and O–H groups in total. The zero-order chi connectivity index (χ0) is 20.1. The predicted molar refractivity (Wildman–Crippen MR) is 112 cm³/mol. The fourth-order valence-electron chi connectivity index (χ4n) is 3.28. The molecule has 0 bridgehead atoms. The Labute approximate surface area is 168 Å². The Morgan fingerprint density at radius 2 is 1.72 bits per heavy atom. The molecular formula is C22H22FN5O. The van der Waals surface area contributed by atoms with Gasteiger partial charge in [0.15, 0.2) is 0 Å². The molecule has 0 spiro atoms. The number of hydrogen-bond donors (Lipinski definition) is 2. The van der Waals surface area contributed by atoms with Crippen molar-refractivity contribution >= 4 is 23.2 Å². The van der Waals surface area contributed by atoms with Crippen LogP contribution in [0, 0.1) is 5.82 Å². The Hall–Kier alpha value is -3.48.